The number of nitrogens with zero attached hydrogens (tertiary/aromatic N) is 1. The van der Waals surface area contributed by atoms with E-state index in [0.717, 1.165) is 31.0 Å². The highest BCUT2D eigenvalue weighted by molar-refractivity contribution is 7.91. The molecule has 0 unspecified atom stereocenters. The maximum absolute atomic E-state index is 12.6. The minimum atomic E-state index is -3.40. The molecule has 2 aromatic rings. The fraction of sp³-hybridized carbons (Fsp3) is 0.444. The van der Waals surface area contributed by atoms with Gasteiger partial charge in [-0.05, 0) is 23.6 Å². The molecule has 1 aromatic heterocycles. The second-order valence-corrected chi connectivity index (χ2v) is 10.7. The number of piperazine rings is 1. The molecule has 1 N–H and O–H groups in total. The minimum absolute atomic E-state index is 0.338. The second-order valence-electron chi connectivity index (χ2n) is 6.79. The highest BCUT2D eigenvalue weighted by atomic mass is 35.5. The molecule has 0 aliphatic carbocycles. The molecule has 1 fully saturated rings. The fourth-order valence-electron chi connectivity index (χ4n) is 3.09. The number of rotatable bonds is 5. The van der Waals surface area contributed by atoms with Crippen molar-refractivity contribution in [1.82, 2.24) is 4.31 Å². The lowest BCUT2D eigenvalue weighted by molar-refractivity contribution is -0.917. The SMILES string of the molecule is CC(C)c1ccc(C[NH+]2CCN(S(=O)(=O)c3ccc(Cl)s3)CC2)cc1. The van der Waals surface area contributed by atoms with E-state index in [1.807, 2.05) is 0 Å². The maximum atomic E-state index is 12.6. The summed E-state index contributed by atoms with van der Waals surface area (Å²) < 4.78 is 27.7. The number of hydrogen-bond acceptors (Lipinski definition) is 3. The van der Waals surface area contributed by atoms with Gasteiger partial charge in [-0.2, -0.15) is 4.31 Å². The number of hydrogen-bond donors (Lipinski definition) is 1. The van der Waals surface area contributed by atoms with Crippen molar-refractivity contribution in [2.45, 2.75) is 30.5 Å². The van der Waals surface area contributed by atoms with Crippen LogP contribution in [0.2, 0.25) is 4.34 Å². The summed E-state index contributed by atoms with van der Waals surface area (Å²) in [7, 11) is -3.40. The summed E-state index contributed by atoms with van der Waals surface area (Å²) in [4.78, 5) is 1.42. The van der Waals surface area contributed by atoms with E-state index in [4.69, 9.17) is 11.6 Å². The van der Waals surface area contributed by atoms with E-state index in [-0.39, 0.29) is 0 Å². The molecule has 2 heterocycles. The summed E-state index contributed by atoms with van der Waals surface area (Å²) in [5.41, 5.74) is 2.66. The highest BCUT2D eigenvalue weighted by Crippen LogP contribution is 2.28. The Morgan fingerprint density at radius 1 is 1.12 bits per heavy atom. The molecule has 7 heteroatoms. The van der Waals surface area contributed by atoms with Crippen LogP contribution in [0.4, 0.5) is 0 Å². The van der Waals surface area contributed by atoms with Crippen LogP contribution in [-0.4, -0.2) is 38.9 Å². The summed E-state index contributed by atoms with van der Waals surface area (Å²) in [5, 5.41) is 0. The second kappa shape index (κ2) is 7.76. The van der Waals surface area contributed by atoms with Crippen LogP contribution in [0, 0.1) is 0 Å². The Bertz CT molecular complexity index is 808. The summed E-state index contributed by atoms with van der Waals surface area (Å²) in [6, 6.07) is 12.0. The average Bonchev–Trinajstić information content (AvgIpc) is 3.03. The van der Waals surface area contributed by atoms with Gasteiger partial charge in [0.15, 0.2) is 0 Å². The molecule has 0 atom stereocenters. The van der Waals surface area contributed by atoms with Crippen molar-refractivity contribution in [1.29, 1.82) is 0 Å². The van der Waals surface area contributed by atoms with Crippen LogP contribution in [0.1, 0.15) is 30.9 Å². The smallest absolute Gasteiger partial charge is 0.253 e. The van der Waals surface area contributed by atoms with Gasteiger partial charge in [0.05, 0.1) is 30.5 Å². The molecule has 25 heavy (non-hydrogen) atoms. The summed E-state index contributed by atoms with van der Waals surface area (Å²) in [5.74, 6) is 0.543. The molecular formula is C18H24ClN2O2S2+. The first-order chi connectivity index (χ1) is 11.9. The summed E-state index contributed by atoms with van der Waals surface area (Å²) >= 11 is 7.01. The van der Waals surface area contributed by atoms with Crippen LogP contribution in [0.5, 0.6) is 0 Å². The number of nitrogens with one attached hydrogen (secondary N) is 1. The van der Waals surface area contributed by atoms with Gasteiger partial charge in [-0.1, -0.05) is 49.7 Å². The number of quaternary nitrogens is 1. The van der Waals surface area contributed by atoms with Crippen LogP contribution < -0.4 is 4.90 Å². The Hall–Kier alpha value is -0.920. The lowest BCUT2D eigenvalue weighted by Gasteiger charge is -2.31. The zero-order valence-corrected chi connectivity index (χ0v) is 16.9. The zero-order valence-electron chi connectivity index (χ0n) is 14.5. The number of sulfonamides is 1. The van der Waals surface area contributed by atoms with Crippen LogP contribution in [-0.2, 0) is 16.6 Å². The van der Waals surface area contributed by atoms with Crippen LogP contribution in [0.25, 0.3) is 0 Å². The normalized spacial score (nSPS) is 17.3. The molecule has 0 amide bonds. The molecule has 1 saturated heterocycles. The molecule has 0 spiro atoms. The van der Waals surface area contributed by atoms with Gasteiger partial charge in [-0.15, -0.1) is 11.3 Å². The van der Waals surface area contributed by atoms with Crippen LogP contribution in [0.15, 0.2) is 40.6 Å². The van der Waals surface area contributed by atoms with Crippen LogP contribution in [0.3, 0.4) is 0 Å². The zero-order chi connectivity index (χ0) is 18.0. The highest BCUT2D eigenvalue weighted by Gasteiger charge is 2.31. The van der Waals surface area contributed by atoms with E-state index in [0.29, 0.717) is 27.6 Å². The molecule has 1 aliphatic heterocycles. The Morgan fingerprint density at radius 3 is 2.28 bits per heavy atom. The number of benzene rings is 1. The molecule has 0 radical (unpaired) electrons. The van der Waals surface area contributed by atoms with Crippen molar-refractivity contribution in [3.05, 3.63) is 51.9 Å². The van der Waals surface area contributed by atoms with Crippen LogP contribution >= 0.6 is 22.9 Å². The molecule has 1 aromatic carbocycles. The van der Waals surface area contributed by atoms with E-state index in [2.05, 4.69) is 38.1 Å². The predicted octanol–water partition coefficient (Wildman–Crippen LogP) is 2.61. The van der Waals surface area contributed by atoms with Gasteiger partial charge >= 0.3 is 0 Å². The lowest BCUT2D eigenvalue weighted by atomic mass is 10.0. The van der Waals surface area contributed by atoms with Gasteiger partial charge in [0.1, 0.15) is 10.8 Å². The monoisotopic (exact) mass is 399 g/mol. The first-order valence-corrected chi connectivity index (χ1v) is 11.2. The third-order valence-electron chi connectivity index (χ3n) is 4.67. The molecule has 4 nitrogen and oxygen atoms in total. The Labute approximate surface area is 159 Å². The molecule has 136 valence electrons. The Kier molecular flexibility index (Phi) is 5.85. The molecule has 0 bridgehead atoms. The third kappa shape index (κ3) is 4.44. The van der Waals surface area contributed by atoms with Crippen molar-refractivity contribution in [3.8, 4) is 0 Å². The van der Waals surface area contributed by atoms with Gasteiger partial charge in [-0.3, -0.25) is 0 Å². The largest absolute Gasteiger partial charge is 0.329 e. The standard InChI is InChI=1S/C18H23ClN2O2S2/c1-14(2)16-5-3-15(4-6-16)13-20-9-11-21(12-10-20)25(22,23)18-8-7-17(19)24-18/h3-8,14H,9-13H2,1-2H3/p+1. The maximum Gasteiger partial charge on any atom is 0.253 e. The summed E-state index contributed by atoms with van der Waals surface area (Å²) in [6.45, 7) is 8.08. The fourth-order valence-corrected chi connectivity index (χ4v) is 6.17. The predicted molar refractivity (Wildman–Crippen MR) is 103 cm³/mol. The van der Waals surface area contributed by atoms with Crippen molar-refractivity contribution in [3.63, 3.8) is 0 Å². The first-order valence-electron chi connectivity index (χ1n) is 8.54. The van der Waals surface area contributed by atoms with Gasteiger partial charge in [0, 0.05) is 5.56 Å². The van der Waals surface area contributed by atoms with E-state index in [9.17, 15) is 8.42 Å². The van der Waals surface area contributed by atoms with E-state index in [1.54, 1.807) is 16.4 Å². The van der Waals surface area contributed by atoms with Crippen molar-refractivity contribution in [2.24, 2.45) is 0 Å². The summed E-state index contributed by atoms with van der Waals surface area (Å²) in [6.07, 6.45) is 0. The van der Waals surface area contributed by atoms with Gasteiger partial charge in [0.25, 0.3) is 10.0 Å². The molecule has 1 aliphatic rings. The van der Waals surface area contributed by atoms with Crippen molar-refractivity contribution >= 4 is 33.0 Å². The number of halogens is 1. The Balaban J connectivity index is 1.58. The van der Waals surface area contributed by atoms with Crippen molar-refractivity contribution < 1.29 is 13.3 Å². The third-order valence-corrected chi connectivity index (χ3v) is 8.27. The van der Waals surface area contributed by atoms with E-state index >= 15 is 0 Å². The molecule has 3 rings (SSSR count). The van der Waals surface area contributed by atoms with Gasteiger partial charge < -0.3 is 4.90 Å². The quantitative estimate of drug-likeness (QED) is 0.839. The Morgan fingerprint density at radius 2 is 1.76 bits per heavy atom. The average molecular weight is 400 g/mol. The van der Waals surface area contributed by atoms with Gasteiger partial charge in [0.2, 0.25) is 0 Å². The first kappa shape index (κ1) is 18.9. The topological polar surface area (TPSA) is 41.8 Å². The number of thiophene rings is 1. The van der Waals surface area contributed by atoms with Crippen molar-refractivity contribution in [2.75, 3.05) is 26.2 Å². The van der Waals surface area contributed by atoms with E-state index < -0.39 is 10.0 Å². The minimum Gasteiger partial charge on any atom is -0.329 e. The molecular weight excluding hydrogens is 376 g/mol. The lowest BCUT2D eigenvalue weighted by Crippen LogP contribution is -3.13. The van der Waals surface area contributed by atoms with E-state index in [1.165, 1.54) is 16.0 Å². The molecule has 0 saturated carbocycles. The van der Waals surface area contributed by atoms with Gasteiger partial charge in [-0.25, -0.2) is 8.42 Å².